The van der Waals surface area contributed by atoms with Gasteiger partial charge in [-0.1, -0.05) is 48.5 Å². The quantitative estimate of drug-likeness (QED) is 0.705. The van der Waals surface area contributed by atoms with E-state index in [2.05, 4.69) is 5.32 Å². The number of rotatable bonds is 6. The molecule has 0 aliphatic carbocycles. The lowest BCUT2D eigenvalue weighted by Gasteiger charge is -2.15. The molecule has 134 valence electrons. The maximum atomic E-state index is 12.6. The molecular weight excluding hydrogens is 326 g/mol. The average molecular weight is 349 g/mol. The van der Waals surface area contributed by atoms with Crippen molar-refractivity contribution in [3.05, 3.63) is 77.9 Å². The van der Waals surface area contributed by atoms with Crippen LogP contribution in [0.2, 0.25) is 0 Å². The number of fused-ring (bicyclic) bond motifs is 1. The molecule has 0 aliphatic rings. The minimum absolute atomic E-state index is 0.0634. The fourth-order valence-corrected chi connectivity index (χ4v) is 2.89. The molecule has 0 fully saturated rings. The number of amides is 1. The third-order valence-corrected chi connectivity index (χ3v) is 4.10. The van der Waals surface area contributed by atoms with Crippen LogP contribution in [-0.2, 0) is 0 Å². The van der Waals surface area contributed by atoms with Gasteiger partial charge in [-0.2, -0.15) is 0 Å². The molecule has 1 atom stereocenters. The van der Waals surface area contributed by atoms with Crippen molar-refractivity contribution in [1.82, 2.24) is 5.32 Å². The number of carbonyl (C=O) groups is 1. The highest BCUT2D eigenvalue weighted by Crippen LogP contribution is 2.21. The topological polar surface area (TPSA) is 58.6 Å². The van der Waals surface area contributed by atoms with Crippen LogP contribution in [0.4, 0.5) is 0 Å². The van der Waals surface area contributed by atoms with Gasteiger partial charge in [-0.05, 0) is 48.4 Å². The van der Waals surface area contributed by atoms with Crippen molar-refractivity contribution in [2.45, 2.75) is 26.1 Å². The van der Waals surface area contributed by atoms with Gasteiger partial charge in [-0.3, -0.25) is 4.79 Å². The van der Waals surface area contributed by atoms with Crippen LogP contribution in [-0.4, -0.2) is 23.7 Å². The molecule has 4 heteroatoms. The van der Waals surface area contributed by atoms with Crippen molar-refractivity contribution >= 4 is 16.7 Å². The van der Waals surface area contributed by atoms with Crippen molar-refractivity contribution in [3.63, 3.8) is 0 Å². The Labute approximate surface area is 153 Å². The Morgan fingerprint density at radius 1 is 1.04 bits per heavy atom. The van der Waals surface area contributed by atoms with Crippen LogP contribution in [0.1, 0.15) is 35.9 Å². The smallest absolute Gasteiger partial charge is 0.252 e. The van der Waals surface area contributed by atoms with Gasteiger partial charge in [0.2, 0.25) is 0 Å². The van der Waals surface area contributed by atoms with Crippen molar-refractivity contribution in [2.75, 3.05) is 6.54 Å². The van der Waals surface area contributed by atoms with E-state index in [1.54, 1.807) is 12.1 Å². The van der Waals surface area contributed by atoms with Crippen LogP contribution >= 0.6 is 0 Å². The minimum atomic E-state index is -0.801. The first-order valence-corrected chi connectivity index (χ1v) is 8.75. The van der Waals surface area contributed by atoms with E-state index in [4.69, 9.17) is 4.74 Å². The SMILES string of the molecule is CC(C)Oc1cccc(C(O)CNC(=O)c2cccc3ccccc23)c1. The van der Waals surface area contributed by atoms with Crippen LogP contribution in [0.5, 0.6) is 5.75 Å². The van der Waals surface area contributed by atoms with Crippen LogP contribution in [0.3, 0.4) is 0 Å². The Kier molecular flexibility index (Phi) is 5.54. The molecule has 0 spiro atoms. The van der Waals surface area contributed by atoms with Crippen molar-refractivity contribution in [2.24, 2.45) is 0 Å². The van der Waals surface area contributed by atoms with Gasteiger partial charge >= 0.3 is 0 Å². The average Bonchev–Trinajstić information content (AvgIpc) is 2.65. The maximum absolute atomic E-state index is 12.6. The summed E-state index contributed by atoms with van der Waals surface area (Å²) in [5, 5.41) is 15.1. The first-order valence-electron chi connectivity index (χ1n) is 8.75. The summed E-state index contributed by atoms with van der Waals surface area (Å²) in [6.45, 7) is 4.04. The summed E-state index contributed by atoms with van der Waals surface area (Å²) < 4.78 is 5.65. The Morgan fingerprint density at radius 3 is 2.58 bits per heavy atom. The highest BCUT2D eigenvalue weighted by atomic mass is 16.5. The van der Waals surface area contributed by atoms with Gasteiger partial charge in [-0.25, -0.2) is 0 Å². The number of nitrogens with one attached hydrogen (secondary N) is 1. The predicted octanol–water partition coefficient (Wildman–Crippen LogP) is 4.09. The maximum Gasteiger partial charge on any atom is 0.252 e. The number of aliphatic hydroxyl groups is 1. The molecule has 0 bridgehead atoms. The molecule has 0 heterocycles. The number of hydrogen-bond donors (Lipinski definition) is 2. The number of hydrogen-bond acceptors (Lipinski definition) is 3. The zero-order chi connectivity index (χ0) is 18.5. The first kappa shape index (κ1) is 18.0. The summed E-state index contributed by atoms with van der Waals surface area (Å²) in [6, 6.07) is 20.7. The predicted molar refractivity (Wildman–Crippen MR) is 103 cm³/mol. The van der Waals surface area contributed by atoms with Crippen molar-refractivity contribution < 1.29 is 14.6 Å². The Balaban J connectivity index is 1.69. The zero-order valence-corrected chi connectivity index (χ0v) is 15.0. The molecule has 0 saturated heterocycles. The summed E-state index contributed by atoms with van der Waals surface area (Å²) in [5.74, 6) is 0.507. The third kappa shape index (κ3) is 4.21. The second-order valence-electron chi connectivity index (χ2n) is 6.49. The molecule has 3 aromatic carbocycles. The summed E-state index contributed by atoms with van der Waals surface area (Å²) in [5.41, 5.74) is 1.31. The highest BCUT2D eigenvalue weighted by Gasteiger charge is 2.13. The molecule has 0 aliphatic heterocycles. The van der Waals surface area contributed by atoms with E-state index in [0.29, 0.717) is 16.9 Å². The van der Waals surface area contributed by atoms with E-state index in [0.717, 1.165) is 10.8 Å². The summed E-state index contributed by atoms with van der Waals surface area (Å²) in [6.07, 6.45) is -0.738. The molecule has 3 rings (SSSR count). The number of aliphatic hydroxyl groups excluding tert-OH is 1. The summed E-state index contributed by atoms with van der Waals surface area (Å²) in [4.78, 5) is 12.6. The number of carbonyl (C=O) groups excluding carboxylic acids is 1. The van der Waals surface area contributed by atoms with Gasteiger partial charge in [-0.15, -0.1) is 0 Å². The van der Waals surface area contributed by atoms with Crippen molar-refractivity contribution in [3.8, 4) is 5.75 Å². The Bertz CT molecular complexity index is 899. The molecule has 0 radical (unpaired) electrons. The fourth-order valence-electron chi connectivity index (χ4n) is 2.89. The Morgan fingerprint density at radius 2 is 1.77 bits per heavy atom. The normalized spacial score (nSPS) is 12.2. The molecule has 0 aromatic heterocycles. The Hall–Kier alpha value is -2.85. The van der Waals surface area contributed by atoms with Gasteiger partial charge in [0.25, 0.3) is 5.91 Å². The highest BCUT2D eigenvalue weighted by molar-refractivity contribution is 6.07. The van der Waals surface area contributed by atoms with E-state index in [1.165, 1.54) is 0 Å². The van der Waals surface area contributed by atoms with Gasteiger partial charge in [0.05, 0.1) is 12.2 Å². The van der Waals surface area contributed by atoms with E-state index >= 15 is 0 Å². The molecule has 2 N–H and O–H groups in total. The minimum Gasteiger partial charge on any atom is -0.491 e. The lowest BCUT2D eigenvalue weighted by Crippen LogP contribution is -2.28. The standard InChI is InChI=1S/C22H23NO3/c1-15(2)26-18-10-5-9-17(13-18)21(24)14-23-22(25)20-12-6-8-16-7-3-4-11-19(16)20/h3-13,15,21,24H,14H2,1-2H3,(H,23,25). The molecule has 3 aromatic rings. The largest absolute Gasteiger partial charge is 0.491 e. The number of ether oxygens (including phenoxy) is 1. The van der Waals surface area contributed by atoms with E-state index in [-0.39, 0.29) is 18.6 Å². The second-order valence-corrected chi connectivity index (χ2v) is 6.49. The molecule has 26 heavy (non-hydrogen) atoms. The molecule has 4 nitrogen and oxygen atoms in total. The third-order valence-electron chi connectivity index (χ3n) is 4.10. The monoisotopic (exact) mass is 349 g/mol. The number of benzene rings is 3. The summed E-state index contributed by atoms with van der Waals surface area (Å²) >= 11 is 0. The van der Waals surface area contributed by atoms with Crippen LogP contribution in [0.15, 0.2) is 66.7 Å². The zero-order valence-electron chi connectivity index (χ0n) is 15.0. The first-order chi connectivity index (χ1) is 12.5. The van der Waals surface area contributed by atoms with Gasteiger partial charge < -0.3 is 15.2 Å². The molecular formula is C22H23NO3. The van der Waals surface area contributed by atoms with E-state index < -0.39 is 6.10 Å². The molecule has 1 amide bonds. The van der Waals surface area contributed by atoms with Crippen LogP contribution < -0.4 is 10.1 Å². The van der Waals surface area contributed by atoms with Crippen LogP contribution in [0.25, 0.3) is 10.8 Å². The van der Waals surface area contributed by atoms with Crippen LogP contribution in [0, 0.1) is 0 Å². The summed E-state index contributed by atoms with van der Waals surface area (Å²) in [7, 11) is 0. The lowest BCUT2D eigenvalue weighted by atomic mass is 10.0. The van der Waals surface area contributed by atoms with Crippen molar-refractivity contribution in [1.29, 1.82) is 0 Å². The van der Waals surface area contributed by atoms with E-state index in [9.17, 15) is 9.90 Å². The fraction of sp³-hybridized carbons (Fsp3) is 0.227. The van der Waals surface area contributed by atoms with E-state index in [1.807, 2.05) is 68.4 Å². The lowest BCUT2D eigenvalue weighted by molar-refractivity contribution is 0.0918. The van der Waals surface area contributed by atoms with Gasteiger partial charge in [0, 0.05) is 12.1 Å². The second kappa shape index (κ2) is 8.02. The van der Waals surface area contributed by atoms with Gasteiger partial charge in [0.1, 0.15) is 5.75 Å². The van der Waals surface area contributed by atoms with Gasteiger partial charge in [0.15, 0.2) is 0 Å². The molecule has 1 unspecified atom stereocenters. The molecule has 0 saturated carbocycles.